The number of rotatable bonds is 7. The summed E-state index contributed by atoms with van der Waals surface area (Å²) in [5.41, 5.74) is 2.61. The zero-order valence-corrected chi connectivity index (χ0v) is 17.3. The first-order valence-corrected chi connectivity index (χ1v) is 9.84. The number of methoxy groups -OCH3 is 1. The molecule has 2 heterocycles. The Morgan fingerprint density at radius 3 is 2.65 bits per heavy atom. The molecule has 7 nitrogen and oxygen atoms in total. The van der Waals surface area contributed by atoms with Gasteiger partial charge in [-0.2, -0.15) is 5.10 Å². The lowest BCUT2D eigenvalue weighted by Crippen LogP contribution is -2.30. The third-order valence-corrected chi connectivity index (χ3v) is 4.90. The maximum Gasteiger partial charge on any atom is 0.244 e. The third kappa shape index (κ3) is 4.56. The monoisotopic (exact) mass is 413 g/mol. The van der Waals surface area contributed by atoms with Gasteiger partial charge in [0.2, 0.25) is 5.91 Å². The predicted molar refractivity (Wildman–Crippen MR) is 119 cm³/mol. The summed E-state index contributed by atoms with van der Waals surface area (Å²) in [6.45, 7) is 0. The molecule has 0 fully saturated rings. The lowest BCUT2D eigenvalue weighted by Gasteiger charge is -2.20. The van der Waals surface area contributed by atoms with Gasteiger partial charge in [0.25, 0.3) is 0 Å². The summed E-state index contributed by atoms with van der Waals surface area (Å²) in [7, 11) is 3.51. The van der Waals surface area contributed by atoms with E-state index in [0.29, 0.717) is 11.6 Å². The lowest BCUT2D eigenvalue weighted by molar-refractivity contribution is -0.117. The molecule has 2 aromatic heterocycles. The molecule has 0 saturated heterocycles. The van der Waals surface area contributed by atoms with Crippen molar-refractivity contribution in [2.75, 3.05) is 7.11 Å². The van der Waals surface area contributed by atoms with Gasteiger partial charge in [-0.05, 0) is 24.3 Å². The third-order valence-electron chi connectivity index (χ3n) is 4.90. The number of nitrogens with one attached hydrogen (secondary N) is 1. The maximum atomic E-state index is 12.8. The number of carbonyl (C=O) groups is 1. The van der Waals surface area contributed by atoms with Crippen molar-refractivity contribution in [3.63, 3.8) is 0 Å². The van der Waals surface area contributed by atoms with Gasteiger partial charge in [0.15, 0.2) is 0 Å². The Kier molecular flexibility index (Phi) is 5.93. The summed E-state index contributed by atoms with van der Waals surface area (Å²) in [6, 6.07) is 16.9. The second-order valence-corrected chi connectivity index (χ2v) is 6.97. The average Bonchev–Trinajstić information content (AvgIpc) is 3.46. The highest BCUT2D eigenvalue weighted by molar-refractivity contribution is 5.92. The standard InChI is InChI=1S/C24H23N5O2/c1-28-15-14-25-24(28)23(20-10-6-7-11-21(20)31-2)27-22(30)13-12-18-16-26-29(17-18)19-8-4-3-5-9-19/h3-17,23H,1-2H3,(H,27,30)/b13-12+. The molecule has 156 valence electrons. The van der Waals surface area contributed by atoms with Crippen molar-refractivity contribution < 1.29 is 9.53 Å². The van der Waals surface area contributed by atoms with Gasteiger partial charge in [-0.1, -0.05) is 36.4 Å². The van der Waals surface area contributed by atoms with Crippen molar-refractivity contribution in [2.45, 2.75) is 6.04 Å². The van der Waals surface area contributed by atoms with Crippen molar-refractivity contribution in [3.05, 3.63) is 102 Å². The fourth-order valence-corrected chi connectivity index (χ4v) is 3.35. The number of hydrogen-bond acceptors (Lipinski definition) is 4. The molecule has 4 rings (SSSR count). The van der Waals surface area contributed by atoms with E-state index >= 15 is 0 Å². The molecule has 0 bridgehead atoms. The Balaban J connectivity index is 1.54. The van der Waals surface area contributed by atoms with E-state index in [0.717, 1.165) is 16.8 Å². The number of amides is 1. The minimum Gasteiger partial charge on any atom is -0.496 e. The first-order chi connectivity index (χ1) is 15.2. The minimum atomic E-state index is -0.458. The van der Waals surface area contributed by atoms with Crippen LogP contribution in [0.25, 0.3) is 11.8 Å². The molecule has 0 spiro atoms. The van der Waals surface area contributed by atoms with E-state index in [-0.39, 0.29) is 5.91 Å². The van der Waals surface area contributed by atoms with Crippen LogP contribution in [0.3, 0.4) is 0 Å². The molecule has 0 radical (unpaired) electrons. The molecule has 0 aliphatic rings. The molecule has 0 aliphatic carbocycles. The van der Waals surface area contributed by atoms with Crippen molar-refractivity contribution in [2.24, 2.45) is 7.05 Å². The summed E-state index contributed by atoms with van der Waals surface area (Å²) in [5.74, 6) is 1.15. The Labute approximate surface area is 180 Å². The minimum absolute atomic E-state index is 0.244. The van der Waals surface area contributed by atoms with Gasteiger partial charge in [0.05, 0.1) is 19.0 Å². The number of hydrogen-bond donors (Lipinski definition) is 1. The molecule has 0 aliphatic heterocycles. The van der Waals surface area contributed by atoms with Gasteiger partial charge < -0.3 is 14.6 Å². The van der Waals surface area contributed by atoms with E-state index in [1.807, 2.05) is 78.6 Å². The number of aryl methyl sites for hydroxylation is 1. The summed E-state index contributed by atoms with van der Waals surface area (Å²) < 4.78 is 9.15. The summed E-state index contributed by atoms with van der Waals surface area (Å²) >= 11 is 0. The van der Waals surface area contributed by atoms with Crippen LogP contribution in [0.15, 0.2) is 85.5 Å². The van der Waals surface area contributed by atoms with Gasteiger partial charge in [-0.15, -0.1) is 0 Å². The molecule has 31 heavy (non-hydrogen) atoms. The second-order valence-electron chi connectivity index (χ2n) is 6.97. The Morgan fingerprint density at radius 2 is 1.90 bits per heavy atom. The molecule has 4 aromatic rings. The van der Waals surface area contributed by atoms with E-state index in [1.165, 1.54) is 6.08 Å². The van der Waals surface area contributed by atoms with Crippen LogP contribution in [0.1, 0.15) is 23.0 Å². The van der Waals surface area contributed by atoms with Crippen molar-refractivity contribution in [3.8, 4) is 11.4 Å². The first kappa shape index (κ1) is 20.2. The van der Waals surface area contributed by atoms with Crippen LogP contribution in [-0.4, -0.2) is 32.3 Å². The van der Waals surface area contributed by atoms with Crippen LogP contribution in [0, 0.1) is 0 Å². The van der Waals surface area contributed by atoms with Crippen LogP contribution in [0.4, 0.5) is 0 Å². The van der Waals surface area contributed by atoms with Gasteiger partial charge >= 0.3 is 0 Å². The number of para-hydroxylation sites is 2. The number of imidazole rings is 1. The normalized spacial score (nSPS) is 12.1. The topological polar surface area (TPSA) is 74.0 Å². The van der Waals surface area contributed by atoms with Gasteiger partial charge in [0.1, 0.15) is 17.6 Å². The zero-order chi connectivity index (χ0) is 21.6. The summed E-state index contributed by atoms with van der Waals surface area (Å²) in [6.07, 6.45) is 10.4. The van der Waals surface area contributed by atoms with Gasteiger partial charge in [0, 0.05) is 42.8 Å². The van der Waals surface area contributed by atoms with Crippen LogP contribution in [-0.2, 0) is 11.8 Å². The smallest absolute Gasteiger partial charge is 0.244 e. The van der Waals surface area contributed by atoms with Gasteiger partial charge in [-0.3, -0.25) is 4.79 Å². The van der Waals surface area contributed by atoms with Crippen LogP contribution >= 0.6 is 0 Å². The SMILES string of the molecule is COc1ccccc1C(NC(=O)/C=C/c1cnn(-c2ccccc2)c1)c1nccn1C. The Bertz CT molecular complexity index is 1190. The molecule has 1 unspecified atom stereocenters. The fraction of sp³-hybridized carbons (Fsp3) is 0.125. The number of nitrogens with zero attached hydrogens (tertiary/aromatic N) is 4. The van der Waals surface area contributed by atoms with Crippen molar-refractivity contribution in [1.82, 2.24) is 24.6 Å². The van der Waals surface area contributed by atoms with Gasteiger partial charge in [-0.25, -0.2) is 9.67 Å². The van der Waals surface area contributed by atoms with E-state index in [4.69, 9.17) is 4.74 Å². The Hall–Kier alpha value is -4.13. The van der Waals surface area contributed by atoms with E-state index < -0.39 is 6.04 Å². The fourth-order valence-electron chi connectivity index (χ4n) is 3.35. The molecule has 2 aromatic carbocycles. The summed E-state index contributed by atoms with van der Waals surface area (Å²) in [4.78, 5) is 17.2. The highest BCUT2D eigenvalue weighted by atomic mass is 16.5. The van der Waals surface area contributed by atoms with Crippen LogP contribution in [0.2, 0.25) is 0 Å². The van der Waals surface area contributed by atoms with Crippen LogP contribution in [0.5, 0.6) is 5.75 Å². The molecule has 1 atom stereocenters. The number of benzene rings is 2. The summed E-state index contributed by atoms with van der Waals surface area (Å²) in [5, 5.41) is 7.40. The van der Waals surface area contributed by atoms with Crippen molar-refractivity contribution >= 4 is 12.0 Å². The highest BCUT2D eigenvalue weighted by Gasteiger charge is 2.23. The maximum absolute atomic E-state index is 12.8. The van der Waals surface area contributed by atoms with Crippen molar-refractivity contribution in [1.29, 1.82) is 0 Å². The van der Waals surface area contributed by atoms with Crippen LogP contribution < -0.4 is 10.1 Å². The average molecular weight is 413 g/mol. The Morgan fingerprint density at radius 1 is 1.13 bits per heavy atom. The lowest BCUT2D eigenvalue weighted by atomic mass is 10.0. The molecule has 1 N–H and O–H groups in total. The first-order valence-electron chi connectivity index (χ1n) is 9.84. The number of carbonyl (C=O) groups excluding carboxylic acids is 1. The molecule has 7 heteroatoms. The van der Waals surface area contributed by atoms with E-state index in [2.05, 4.69) is 15.4 Å². The molecular formula is C24H23N5O2. The largest absolute Gasteiger partial charge is 0.496 e. The number of aromatic nitrogens is 4. The second kappa shape index (κ2) is 9.13. The molecule has 0 saturated carbocycles. The molecule has 1 amide bonds. The highest BCUT2D eigenvalue weighted by Crippen LogP contribution is 2.29. The van der Waals surface area contributed by atoms with E-state index in [9.17, 15) is 4.79 Å². The van der Waals surface area contributed by atoms with E-state index in [1.54, 1.807) is 30.3 Å². The quantitative estimate of drug-likeness (QED) is 0.471. The number of ether oxygens (including phenoxy) is 1. The predicted octanol–water partition coefficient (Wildman–Crippen LogP) is 3.53. The molecular weight excluding hydrogens is 390 g/mol. The zero-order valence-electron chi connectivity index (χ0n) is 17.3.